The quantitative estimate of drug-likeness (QED) is 0.385. The highest BCUT2D eigenvalue weighted by Gasteiger charge is 2.26. The summed E-state index contributed by atoms with van der Waals surface area (Å²) in [5.74, 6) is 0. The molecule has 0 N–H and O–H groups in total. The van der Waals surface area contributed by atoms with E-state index in [2.05, 4.69) is 6.92 Å². The Labute approximate surface area is 74.5 Å². The summed E-state index contributed by atoms with van der Waals surface area (Å²) in [6.07, 6.45) is 5.49. The zero-order valence-corrected chi connectivity index (χ0v) is 8.77. The smallest absolute Gasteiger partial charge is 0.210 e. The molecular weight excluding hydrogens is 171 g/mol. The van der Waals surface area contributed by atoms with Gasteiger partial charge < -0.3 is 4.52 Å². The first kappa shape index (κ1) is 10.0. The third kappa shape index (κ3) is 2.76. The molecule has 0 aromatic rings. The molecule has 0 aromatic carbocycles. The molecule has 0 fully saturated rings. The summed E-state index contributed by atoms with van der Waals surface area (Å²) < 4.78 is 17.2. The molecule has 1 aliphatic rings. The van der Waals surface area contributed by atoms with Gasteiger partial charge in [-0.25, -0.2) is 0 Å². The summed E-state index contributed by atoms with van der Waals surface area (Å²) in [5.41, 5.74) is 1.22. The van der Waals surface area contributed by atoms with Crippen molar-refractivity contribution >= 4 is 7.37 Å². The Balaban J connectivity index is 2.29. The maximum Gasteiger partial charge on any atom is 0.210 e. The summed E-state index contributed by atoms with van der Waals surface area (Å²) in [6.45, 7) is 4.79. The standard InChI is InChI=1S/C9H17O2P/c1-3-4-6-11-12(10)7-5-9(2)8-12/h5H,3-4,6-8H2,1-2H3/t12-/m0/s1. The summed E-state index contributed by atoms with van der Waals surface area (Å²) in [4.78, 5) is 0. The Hall–Kier alpha value is -0.0700. The lowest BCUT2D eigenvalue weighted by atomic mass is 10.3. The van der Waals surface area contributed by atoms with E-state index in [4.69, 9.17) is 4.52 Å². The van der Waals surface area contributed by atoms with E-state index in [1.807, 2.05) is 13.0 Å². The van der Waals surface area contributed by atoms with Crippen molar-refractivity contribution in [2.24, 2.45) is 0 Å². The molecule has 0 amide bonds. The van der Waals surface area contributed by atoms with Gasteiger partial charge in [0.05, 0.1) is 6.61 Å². The predicted octanol–water partition coefficient (Wildman–Crippen LogP) is 3.04. The van der Waals surface area contributed by atoms with Gasteiger partial charge in [-0.15, -0.1) is 0 Å². The van der Waals surface area contributed by atoms with E-state index < -0.39 is 7.37 Å². The molecule has 0 aliphatic carbocycles. The maximum absolute atomic E-state index is 11.8. The fourth-order valence-electron chi connectivity index (χ4n) is 1.28. The zero-order valence-electron chi connectivity index (χ0n) is 7.88. The second kappa shape index (κ2) is 4.25. The van der Waals surface area contributed by atoms with Gasteiger partial charge in [-0.1, -0.05) is 25.0 Å². The van der Waals surface area contributed by atoms with Crippen LogP contribution >= 0.6 is 7.37 Å². The first-order chi connectivity index (χ1) is 5.66. The number of hydrogen-bond donors (Lipinski definition) is 0. The Morgan fingerprint density at radius 3 is 2.92 bits per heavy atom. The monoisotopic (exact) mass is 188 g/mol. The fourth-order valence-corrected chi connectivity index (χ4v) is 3.54. The lowest BCUT2D eigenvalue weighted by Gasteiger charge is -2.11. The van der Waals surface area contributed by atoms with Crippen LogP contribution in [0.5, 0.6) is 0 Å². The van der Waals surface area contributed by atoms with Crippen LogP contribution in [0.25, 0.3) is 0 Å². The van der Waals surface area contributed by atoms with Crippen molar-refractivity contribution in [2.75, 3.05) is 18.9 Å². The molecule has 0 saturated heterocycles. The maximum atomic E-state index is 11.8. The molecule has 1 aliphatic heterocycles. The molecule has 1 atom stereocenters. The highest BCUT2D eigenvalue weighted by molar-refractivity contribution is 7.59. The van der Waals surface area contributed by atoms with Gasteiger partial charge in [-0.05, 0) is 13.3 Å². The van der Waals surface area contributed by atoms with Crippen LogP contribution in [0.3, 0.4) is 0 Å². The molecule has 2 nitrogen and oxygen atoms in total. The minimum atomic E-state index is -2.25. The Morgan fingerprint density at radius 1 is 1.67 bits per heavy atom. The van der Waals surface area contributed by atoms with Crippen LogP contribution in [0.15, 0.2) is 11.6 Å². The molecule has 12 heavy (non-hydrogen) atoms. The highest BCUT2D eigenvalue weighted by Crippen LogP contribution is 2.52. The van der Waals surface area contributed by atoms with Crippen LogP contribution in [0.1, 0.15) is 26.7 Å². The first-order valence-corrected chi connectivity index (χ1v) is 6.54. The van der Waals surface area contributed by atoms with Gasteiger partial charge in [0.25, 0.3) is 0 Å². The minimum absolute atomic E-state index is 0.655. The van der Waals surface area contributed by atoms with Gasteiger partial charge in [0, 0.05) is 12.3 Å². The highest BCUT2D eigenvalue weighted by atomic mass is 31.2. The van der Waals surface area contributed by atoms with Gasteiger partial charge in [-0.3, -0.25) is 4.57 Å². The molecule has 3 heteroatoms. The summed E-state index contributed by atoms with van der Waals surface area (Å²) >= 11 is 0. The van der Waals surface area contributed by atoms with Crippen molar-refractivity contribution in [3.05, 3.63) is 11.6 Å². The summed E-state index contributed by atoms with van der Waals surface area (Å²) in [5, 5.41) is 0. The van der Waals surface area contributed by atoms with Crippen LogP contribution in [-0.2, 0) is 9.09 Å². The van der Waals surface area contributed by atoms with E-state index in [0.717, 1.165) is 12.8 Å². The van der Waals surface area contributed by atoms with Crippen molar-refractivity contribution in [1.29, 1.82) is 0 Å². The normalized spacial score (nSPS) is 29.0. The molecule has 0 radical (unpaired) electrons. The van der Waals surface area contributed by atoms with Crippen molar-refractivity contribution < 1.29 is 9.09 Å². The van der Waals surface area contributed by atoms with Gasteiger partial charge in [-0.2, -0.15) is 0 Å². The molecule has 0 aromatic heterocycles. The summed E-state index contributed by atoms with van der Waals surface area (Å²) in [6, 6.07) is 0. The van der Waals surface area contributed by atoms with E-state index in [0.29, 0.717) is 18.9 Å². The van der Waals surface area contributed by atoms with Crippen molar-refractivity contribution in [1.82, 2.24) is 0 Å². The molecule has 0 spiro atoms. The van der Waals surface area contributed by atoms with E-state index in [1.54, 1.807) is 0 Å². The first-order valence-electron chi connectivity index (χ1n) is 4.54. The van der Waals surface area contributed by atoms with Crippen LogP contribution in [-0.4, -0.2) is 18.9 Å². The Bertz CT molecular complexity index is 221. The number of unbranched alkanes of at least 4 members (excludes halogenated alkanes) is 1. The molecule has 1 heterocycles. The van der Waals surface area contributed by atoms with E-state index in [9.17, 15) is 4.57 Å². The van der Waals surface area contributed by atoms with Crippen LogP contribution in [0, 0.1) is 0 Å². The van der Waals surface area contributed by atoms with Crippen LogP contribution < -0.4 is 0 Å². The minimum Gasteiger partial charge on any atom is -0.328 e. The lowest BCUT2D eigenvalue weighted by molar-refractivity contribution is 0.310. The van der Waals surface area contributed by atoms with Gasteiger partial charge in [0.1, 0.15) is 0 Å². The second-order valence-corrected chi connectivity index (χ2v) is 5.96. The predicted molar refractivity (Wildman–Crippen MR) is 52.0 cm³/mol. The molecule has 0 saturated carbocycles. The van der Waals surface area contributed by atoms with Crippen LogP contribution in [0.4, 0.5) is 0 Å². The van der Waals surface area contributed by atoms with E-state index in [1.165, 1.54) is 5.57 Å². The second-order valence-electron chi connectivity index (χ2n) is 3.39. The van der Waals surface area contributed by atoms with Gasteiger partial charge >= 0.3 is 0 Å². The van der Waals surface area contributed by atoms with E-state index >= 15 is 0 Å². The molecule has 0 bridgehead atoms. The number of hydrogen-bond acceptors (Lipinski definition) is 2. The van der Waals surface area contributed by atoms with Crippen molar-refractivity contribution in [2.45, 2.75) is 26.7 Å². The molecule has 1 rings (SSSR count). The topological polar surface area (TPSA) is 26.3 Å². The Kier molecular flexibility index (Phi) is 3.54. The zero-order chi connectivity index (χ0) is 9.03. The molecule has 70 valence electrons. The fraction of sp³-hybridized carbons (Fsp3) is 0.778. The average Bonchev–Trinajstić information content (AvgIpc) is 2.32. The number of allylic oxidation sites excluding steroid dienone is 2. The van der Waals surface area contributed by atoms with Crippen molar-refractivity contribution in [3.63, 3.8) is 0 Å². The van der Waals surface area contributed by atoms with Gasteiger partial charge in [0.15, 0.2) is 0 Å². The SMILES string of the molecule is CCCCO[P@@]1(=O)CC=C(C)C1. The van der Waals surface area contributed by atoms with E-state index in [-0.39, 0.29) is 0 Å². The lowest BCUT2D eigenvalue weighted by Crippen LogP contribution is -1.95. The Morgan fingerprint density at radius 2 is 2.42 bits per heavy atom. The molecular formula is C9H17O2P. The van der Waals surface area contributed by atoms with Crippen LogP contribution in [0.2, 0.25) is 0 Å². The third-order valence-electron chi connectivity index (χ3n) is 2.03. The summed E-state index contributed by atoms with van der Waals surface area (Å²) in [7, 11) is -2.25. The average molecular weight is 188 g/mol. The van der Waals surface area contributed by atoms with Gasteiger partial charge in [0.2, 0.25) is 7.37 Å². The molecule has 0 unspecified atom stereocenters. The van der Waals surface area contributed by atoms with Crippen molar-refractivity contribution in [3.8, 4) is 0 Å². The number of rotatable bonds is 4. The third-order valence-corrected chi connectivity index (χ3v) is 4.41. The largest absolute Gasteiger partial charge is 0.328 e.